The molecule has 0 aromatic carbocycles. The minimum atomic E-state index is -3.50. The molecule has 260 valence electrons. The van der Waals surface area contributed by atoms with Crippen molar-refractivity contribution in [3.8, 4) is 5.88 Å². The fourth-order valence-electron chi connectivity index (χ4n) is 5.89. The Morgan fingerprint density at radius 3 is 1.98 bits per heavy atom. The Bertz CT molecular complexity index is 2230. The van der Waals surface area contributed by atoms with Gasteiger partial charge >= 0.3 is 0 Å². The van der Waals surface area contributed by atoms with Crippen molar-refractivity contribution in [3.05, 3.63) is 40.0 Å². The van der Waals surface area contributed by atoms with Crippen molar-refractivity contribution in [2.45, 2.75) is 50.1 Å². The van der Waals surface area contributed by atoms with E-state index in [1.165, 1.54) is 30.4 Å². The van der Waals surface area contributed by atoms with Gasteiger partial charge in [-0.05, 0) is 44.6 Å². The number of aliphatic imine (C=N–C) groups is 1. The maximum absolute atomic E-state index is 12.8. The number of ether oxygens (including phenoxy) is 1. The highest BCUT2D eigenvalue weighted by molar-refractivity contribution is 7.90. The quantitative estimate of drug-likeness (QED) is 0.247. The smallest absolute Gasteiger partial charge is 0.282 e. The number of carbonyl (C=O) groups is 2. The largest absolute Gasteiger partial charge is 0.480 e. The van der Waals surface area contributed by atoms with E-state index in [0.29, 0.717) is 44.1 Å². The number of hydrogen-bond donors (Lipinski definition) is 1. The van der Waals surface area contributed by atoms with Gasteiger partial charge in [0.15, 0.2) is 30.7 Å². The van der Waals surface area contributed by atoms with Crippen LogP contribution in [0.4, 0.5) is 11.5 Å². The van der Waals surface area contributed by atoms with E-state index in [9.17, 15) is 18.0 Å². The summed E-state index contributed by atoms with van der Waals surface area (Å²) >= 11 is 2.40. The van der Waals surface area contributed by atoms with Gasteiger partial charge in [0.2, 0.25) is 5.88 Å². The number of methoxy groups -OCH3 is 1. The molecule has 0 unspecified atom stereocenters. The molecule has 19 heteroatoms. The molecule has 1 N–H and O–H groups in total. The van der Waals surface area contributed by atoms with Gasteiger partial charge in [-0.2, -0.15) is 0 Å². The fraction of sp³-hybridized carbons (Fsp3) is 0.419. The summed E-state index contributed by atoms with van der Waals surface area (Å²) in [5.74, 6) is 0.781. The molecule has 2 fully saturated rings. The van der Waals surface area contributed by atoms with Crippen LogP contribution in [-0.2, 0) is 16.4 Å². The topological polar surface area (TPSA) is 199 Å². The van der Waals surface area contributed by atoms with Crippen LogP contribution in [0.3, 0.4) is 0 Å². The van der Waals surface area contributed by atoms with Crippen LogP contribution in [0.15, 0.2) is 28.7 Å². The highest BCUT2D eigenvalue weighted by Gasteiger charge is 2.26. The summed E-state index contributed by atoms with van der Waals surface area (Å²) in [6.45, 7) is 3.56. The molecule has 50 heavy (non-hydrogen) atoms. The monoisotopic (exact) mass is 735 g/mol. The van der Waals surface area contributed by atoms with Crippen LogP contribution >= 0.6 is 22.7 Å². The number of amides is 2. The first-order chi connectivity index (χ1) is 24.2. The van der Waals surface area contributed by atoms with Crippen molar-refractivity contribution < 1.29 is 22.7 Å². The van der Waals surface area contributed by atoms with Crippen LogP contribution in [0.25, 0.3) is 20.7 Å². The van der Waals surface area contributed by atoms with Gasteiger partial charge in [-0.1, -0.05) is 22.7 Å². The molecule has 0 spiro atoms. The molecular weight excluding hydrogens is 703 g/mol. The number of fused-ring (bicyclic) bond motifs is 3. The Hall–Kier alpha value is -4.75. The van der Waals surface area contributed by atoms with E-state index in [4.69, 9.17) is 4.74 Å². The summed E-state index contributed by atoms with van der Waals surface area (Å²) in [5, 5.41) is 3.84. The van der Waals surface area contributed by atoms with Crippen molar-refractivity contribution in [1.29, 1.82) is 0 Å². The Labute approximate surface area is 295 Å². The third-order valence-corrected chi connectivity index (χ3v) is 11.3. The average Bonchev–Trinajstić information content (AvgIpc) is 3.90. The number of anilines is 2. The zero-order valence-corrected chi connectivity index (χ0v) is 29.8. The molecule has 2 saturated heterocycles. The first-order valence-corrected chi connectivity index (χ1v) is 19.6. The third-order valence-electron chi connectivity index (χ3n) is 8.38. The minimum Gasteiger partial charge on any atom is -0.480 e. The molecule has 0 radical (unpaired) electrons. The van der Waals surface area contributed by atoms with Crippen molar-refractivity contribution in [2.75, 3.05) is 44.9 Å². The molecule has 3 aliphatic heterocycles. The van der Waals surface area contributed by atoms with E-state index in [0.717, 1.165) is 87.1 Å². The molecule has 16 nitrogen and oxygen atoms in total. The van der Waals surface area contributed by atoms with Crippen LogP contribution in [0.2, 0.25) is 0 Å². The van der Waals surface area contributed by atoms with E-state index in [1.54, 1.807) is 18.2 Å². The fourth-order valence-corrected chi connectivity index (χ4v) is 8.43. The number of aromatic nitrogens is 7. The molecule has 0 atom stereocenters. The lowest BCUT2D eigenvalue weighted by molar-refractivity contribution is 0.0717. The Kier molecular flexibility index (Phi) is 9.60. The van der Waals surface area contributed by atoms with Gasteiger partial charge in [-0.15, -0.1) is 0 Å². The van der Waals surface area contributed by atoms with E-state index in [-0.39, 0.29) is 27.4 Å². The van der Waals surface area contributed by atoms with Crippen LogP contribution in [-0.4, -0.2) is 111 Å². The number of pyridine rings is 1. The molecule has 5 aromatic rings. The Morgan fingerprint density at radius 1 is 0.800 bits per heavy atom. The van der Waals surface area contributed by atoms with Crippen LogP contribution in [0, 0.1) is 0 Å². The van der Waals surface area contributed by atoms with E-state index in [2.05, 4.69) is 45.2 Å². The SMILES string of the molecule is COc1nc2c(cc1Nc1ncnc3sc(C(=O)N4CCCCC4)nc13)C=NC2.CS(=O)(=O)c1ncnc2sc(C(=O)N3CCCCC3)nc12. The van der Waals surface area contributed by atoms with E-state index < -0.39 is 9.84 Å². The predicted octanol–water partition coefficient (Wildman–Crippen LogP) is 3.91. The van der Waals surface area contributed by atoms with Crippen molar-refractivity contribution >= 4 is 82.7 Å². The number of nitrogens with zero attached hydrogens (tertiary/aromatic N) is 10. The maximum Gasteiger partial charge on any atom is 0.282 e. The molecule has 0 aliphatic carbocycles. The number of thiazole rings is 2. The third kappa shape index (κ3) is 6.97. The van der Waals surface area contributed by atoms with E-state index >= 15 is 0 Å². The van der Waals surface area contributed by atoms with Gasteiger partial charge in [0, 0.05) is 44.2 Å². The van der Waals surface area contributed by atoms with Gasteiger partial charge in [-0.3, -0.25) is 14.6 Å². The van der Waals surface area contributed by atoms with Gasteiger partial charge in [0.1, 0.15) is 39.0 Å². The van der Waals surface area contributed by atoms with Crippen LogP contribution in [0.1, 0.15) is 69.4 Å². The summed E-state index contributed by atoms with van der Waals surface area (Å²) in [6.07, 6.45) is 11.9. The number of rotatable bonds is 6. The van der Waals surface area contributed by atoms with Gasteiger partial charge < -0.3 is 19.9 Å². The molecule has 8 rings (SSSR count). The predicted molar refractivity (Wildman–Crippen MR) is 188 cm³/mol. The van der Waals surface area contributed by atoms with Gasteiger partial charge in [-0.25, -0.2) is 43.3 Å². The summed E-state index contributed by atoms with van der Waals surface area (Å²) in [7, 11) is -1.93. The van der Waals surface area contributed by atoms with Crippen molar-refractivity contribution in [3.63, 3.8) is 0 Å². The lowest BCUT2D eigenvalue weighted by Crippen LogP contribution is -2.35. The Morgan fingerprint density at radius 2 is 1.38 bits per heavy atom. The van der Waals surface area contributed by atoms with Crippen LogP contribution < -0.4 is 10.1 Å². The molecular formula is C31H33N11O5S3. The normalized spacial score (nSPS) is 15.9. The molecule has 0 saturated carbocycles. The standard InChI is InChI=1S/C19H19N7O2S.C12H14N4O3S2/c1-28-16-12(7-11-8-20-9-13(11)24-16)23-15-14-17(22-10-21-15)29-18(25-14)19(27)26-5-3-2-4-6-26;1-21(18,19)11-8-9(13-7-14-11)20-10(15-8)12(17)16-5-3-2-4-6-16/h7-8,10H,2-6,9H2,1H3,(H,21,22,23);7H,2-6H2,1H3. The van der Waals surface area contributed by atoms with E-state index in [1.807, 2.05) is 11.0 Å². The highest BCUT2D eigenvalue weighted by Crippen LogP contribution is 2.33. The maximum atomic E-state index is 12.8. The molecule has 2 amide bonds. The summed E-state index contributed by atoms with van der Waals surface area (Å²) in [5.41, 5.74) is 3.23. The summed E-state index contributed by atoms with van der Waals surface area (Å²) in [4.78, 5) is 63.9. The first-order valence-electron chi connectivity index (χ1n) is 16.1. The average molecular weight is 736 g/mol. The highest BCUT2D eigenvalue weighted by atomic mass is 32.2. The lowest BCUT2D eigenvalue weighted by Gasteiger charge is -2.25. The molecule has 5 aromatic heterocycles. The van der Waals surface area contributed by atoms with Gasteiger partial charge in [0.05, 0.1) is 19.3 Å². The summed E-state index contributed by atoms with van der Waals surface area (Å²) in [6, 6.07) is 1.93. The lowest BCUT2D eigenvalue weighted by atomic mass is 10.1. The molecule has 0 bridgehead atoms. The molecule has 3 aliphatic rings. The van der Waals surface area contributed by atoms with Gasteiger partial charge in [0.25, 0.3) is 11.8 Å². The Balaban J connectivity index is 0.000000166. The second-order valence-electron chi connectivity index (χ2n) is 11.9. The number of carbonyl (C=O) groups excluding carboxylic acids is 2. The second kappa shape index (κ2) is 14.2. The number of nitrogens with one attached hydrogen (secondary N) is 1. The zero-order valence-electron chi connectivity index (χ0n) is 27.3. The number of piperidine rings is 2. The number of hydrogen-bond acceptors (Lipinski definition) is 16. The zero-order chi connectivity index (χ0) is 34.8. The number of sulfone groups is 1. The van der Waals surface area contributed by atoms with Crippen LogP contribution in [0.5, 0.6) is 5.88 Å². The molecule has 8 heterocycles. The summed E-state index contributed by atoms with van der Waals surface area (Å²) < 4.78 is 28.8. The number of likely N-dealkylation sites (tertiary alicyclic amines) is 2. The first kappa shape index (κ1) is 33.7. The van der Waals surface area contributed by atoms with Crippen molar-refractivity contribution in [1.82, 2.24) is 44.7 Å². The minimum absolute atomic E-state index is 0.0355. The second-order valence-corrected chi connectivity index (χ2v) is 15.8. The van der Waals surface area contributed by atoms with Crippen molar-refractivity contribution in [2.24, 2.45) is 4.99 Å².